The van der Waals surface area contributed by atoms with Gasteiger partial charge in [-0.2, -0.15) is 17.0 Å². The number of nitriles is 1. The van der Waals surface area contributed by atoms with Gasteiger partial charge in [0.2, 0.25) is 0 Å². The van der Waals surface area contributed by atoms with Crippen LogP contribution in [0.5, 0.6) is 0 Å². The molecule has 0 radical (unpaired) electrons. The minimum absolute atomic E-state index is 0.659. The Morgan fingerprint density at radius 3 is 2.94 bits per heavy atom. The van der Waals surface area contributed by atoms with E-state index in [1.807, 2.05) is 35.6 Å². The lowest BCUT2D eigenvalue weighted by Gasteiger charge is -2.22. The van der Waals surface area contributed by atoms with E-state index in [2.05, 4.69) is 11.4 Å². The summed E-state index contributed by atoms with van der Waals surface area (Å²) in [5, 5.41) is 12.4. The van der Waals surface area contributed by atoms with Crippen molar-refractivity contribution in [1.82, 2.24) is 9.88 Å². The van der Waals surface area contributed by atoms with Gasteiger partial charge in [0.05, 0.1) is 0 Å². The summed E-state index contributed by atoms with van der Waals surface area (Å²) in [6.07, 6.45) is 4.56. The molecule has 0 saturated carbocycles. The van der Waals surface area contributed by atoms with Crippen molar-refractivity contribution in [2.45, 2.75) is 25.4 Å². The minimum atomic E-state index is 0.659. The molecule has 0 spiro atoms. The standard InChI is InChI=1S/C12H17N3S/c1-15-9-10(6-12(15)7-13)8-14-11-2-4-16-5-3-11/h6,9,11,14H,2-5,8H2,1H3. The molecular formula is C12H17N3S. The molecule has 2 heterocycles. The molecule has 0 aliphatic carbocycles. The Morgan fingerprint density at radius 1 is 1.56 bits per heavy atom. The van der Waals surface area contributed by atoms with Crippen LogP contribution in [0.25, 0.3) is 0 Å². The predicted octanol–water partition coefficient (Wildman–Crippen LogP) is 1.88. The van der Waals surface area contributed by atoms with Gasteiger partial charge in [-0.3, -0.25) is 0 Å². The molecule has 1 aliphatic heterocycles. The molecule has 0 amide bonds. The lowest BCUT2D eigenvalue weighted by molar-refractivity contribution is 0.482. The van der Waals surface area contributed by atoms with Crippen molar-refractivity contribution in [3.05, 3.63) is 23.5 Å². The molecule has 1 N–H and O–H groups in total. The van der Waals surface area contributed by atoms with Crippen molar-refractivity contribution < 1.29 is 0 Å². The smallest absolute Gasteiger partial charge is 0.120 e. The van der Waals surface area contributed by atoms with Gasteiger partial charge in [-0.15, -0.1) is 0 Å². The number of hydrogen-bond acceptors (Lipinski definition) is 3. The van der Waals surface area contributed by atoms with Gasteiger partial charge >= 0.3 is 0 Å². The zero-order chi connectivity index (χ0) is 11.4. The molecule has 0 bridgehead atoms. The third-order valence-electron chi connectivity index (χ3n) is 2.99. The lowest BCUT2D eigenvalue weighted by atomic mass is 10.1. The molecule has 1 aromatic rings. The fraction of sp³-hybridized carbons (Fsp3) is 0.583. The molecule has 86 valence electrons. The highest BCUT2D eigenvalue weighted by molar-refractivity contribution is 7.99. The van der Waals surface area contributed by atoms with Crippen LogP contribution >= 0.6 is 11.8 Å². The molecule has 0 unspecified atom stereocenters. The number of nitrogens with one attached hydrogen (secondary N) is 1. The van der Waals surface area contributed by atoms with Crippen LogP contribution in [0.2, 0.25) is 0 Å². The maximum atomic E-state index is 8.85. The summed E-state index contributed by atoms with van der Waals surface area (Å²) in [7, 11) is 1.92. The monoisotopic (exact) mass is 235 g/mol. The second kappa shape index (κ2) is 5.42. The maximum absolute atomic E-state index is 8.85. The number of aromatic nitrogens is 1. The average molecular weight is 235 g/mol. The highest BCUT2D eigenvalue weighted by Crippen LogP contribution is 2.17. The Hall–Kier alpha value is -0.920. The van der Waals surface area contributed by atoms with Crippen molar-refractivity contribution >= 4 is 11.8 Å². The summed E-state index contributed by atoms with van der Waals surface area (Å²) in [5.41, 5.74) is 1.94. The first-order valence-corrected chi connectivity index (χ1v) is 6.81. The first kappa shape index (κ1) is 11.6. The van der Waals surface area contributed by atoms with Crippen molar-refractivity contribution in [2.75, 3.05) is 11.5 Å². The van der Waals surface area contributed by atoms with E-state index >= 15 is 0 Å². The van der Waals surface area contributed by atoms with Gasteiger partial charge < -0.3 is 9.88 Å². The van der Waals surface area contributed by atoms with Crippen molar-refractivity contribution in [2.24, 2.45) is 7.05 Å². The van der Waals surface area contributed by atoms with E-state index in [0.717, 1.165) is 12.2 Å². The average Bonchev–Trinajstić information content (AvgIpc) is 2.69. The fourth-order valence-electron chi connectivity index (χ4n) is 2.00. The number of rotatable bonds is 3. The summed E-state index contributed by atoms with van der Waals surface area (Å²) in [5.74, 6) is 2.55. The lowest BCUT2D eigenvalue weighted by Crippen LogP contribution is -2.31. The Kier molecular flexibility index (Phi) is 3.92. The number of thioether (sulfide) groups is 1. The van der Waals surface area contributed by atoms with Crippen LogP contribution in [-0.2, 0) is 13.6 Å². The van der Waals surface area contributed by atoms with E-state index < -0.39 is 0 Å². The zero-order valence-electron chi connectivity index (χ0n) is 9.57. The van der Waals surface area contributed by atoms with Crippen LogP contribution in [0.3, 0.4) is 0 Å². The Morgan fingerprint density at radius 2 is 2.31 bits per heavy atom. The molecule has 1 aromatic heterocycles. The zero-order valence-corrected chi connectivity index (χ0v) is 10.4. The van der Waals surface area contributed by atoms with Gasteiger partial charge in [-0.05, 0) is 36.0 Å². The molecule has 1 saturated heterocycles. The fourth-order valence-corrected chi connectivity index (χ4v) is 3.11. The summed E-state index contributed by atoms with van der Waals surface area (Å²) in [4.78, 5) is 0. The van der Waals surface area contributed by atoms with Crippen LogP contribution < -0.4 is 5.32 Å². The SMILES string of the molecule is Cn1cc(CNC2CCSCC2)cc1C#N. The second-order valence-electron chi connectivity index (χ2n) is 4.22. The van der Waals surface area contributed by atoms with E-state index in [-0.39, 0.29) is 0 Å². The van der Waals surface area contributed by atoms with Gasteiger partial charge in [0, 0.05) is 25.8 Å². The quantitative estimate of drug-likeness (QED) is 0.869. The normalized spacial score (nSPS) is 17.2. The van der Waals surface area contributed by atoms with Crippen LogP contribution in [0.1, 0.15) is 24.1 Å². The van der Waals surface area contributed by atoms with Crippen LogP contribution in [0.15, 0.2) is 12.3 Å². The van der Waals surface area contributed by atoms with Crippen molar-refractivity contribution in [3.8, 4) is 6.07 Å². The summed E-state index contributed by atoms with van der Waals surface area (Å²) >= 11 is 2.04. The Bertz CT molecular complexity index is 385. The predicted molar refractivity (Wildman–Crippen MR) is 67.3 cm³/mol. The van der Waals surface area contributed by atoms with Gasteiger partial charge in [0.1, 0.15) is 11.8 Å². The van der Waals surface area contributed by atoms with Crippen molar-refractivity contribution in [1.29, 1.82) is 5.26 Å². The van der Waals surface area contributed by atoms with Crippen molar-refractivity contribution in [3.63, 3.8) is 0 Å². The highest BCUT2D eigenvalue weighted by Gasteiger charge is 2.13. The molecule has 0 aromatic carbocycles. The molecule has 0 atom stereocenters. The topological polar surface area (TPSA) is 40.8 Å². The molecule has 16 heavy (non-hydrogen) atoms. The van der Waals surface area contributed by atoms with Gasteiger partial charge in [0.15, 0.2) is 0 Å². The molecule has 1 fully saturated rings. The van der Waals surface area contributed by atoms with Crippen LogP contribution in [0, 0.1) is 11.3 Å². The summed E-state index contributed by atoms with van der Waals surface area (Å²) in [6.45, 7) is 0.880. The molecule has 1 aliphatic rings. The van der Waals surface area contributed by atoms with E-state index in [9.17, 15) is 0 Å². The van der Waals surface area contributed by atoms with Gasteiger partial charge in [0.25, 0.3) is 0 Å². The number of hydrogen-bond donors (Lipinski definition) is 1. The third kappa shape index (κ3) is 2.81. The van der Waals surface area contributed by atoms with Gasteiger partial charge in [-0.25, -0.2) is 0 Å². The van der Waals surface area contributed by atoms with E-state index in [1.54, 1.807) is 0 Å². The first-order valence-electron chi connectivity index (χ1n) is 5.66. The molecule has 2 rings (SSSR count). The second-order valence-corrected chi connectivity index (χ2v) is 5.45. The minimum Gasteiger partial charge on any atom is -0.342 e. The first-order chi connectivity index (χ1) is 7.79. The highest BCUT2D eigenvalue weighted by atomic mass is 32.2. The molecule has 4 heteroatoms. The maximum Gasteiger partial charge on any atom is 0.120 e. The van der Waals surface area contributed by atoms with E-state index in [4.69, 9.17) is 5.26 Å². The van der Waals surface area contributed by atoms with E-state index in [1.165, 1.54) is 29.9 Å². The third-order valence-corrected chi connectivity index (χ3v) is 4.04. The summed E-state index contributed by atoms with van der Waals surface area (Å²) < 4.78 is 1.88. The Labute approximate surface area is 101 Å². The summed E-state index contributed by atoms with van der Waals surface area (Å²) in [6, 6.07) is 4.81. The van der Waals surface area contributed by atoms with Gasteiger partial charge in [-0.1, -0.05) is 0 Å². The van der Waals surface area contributed by atoms with Crippen LogP contribution in [-0.4, -0.2) is 22.1 Å². The van der Waals surface area contributed by atoms with E-state index in [0.29, 0.717) is 6.04 Å². The van der Waals surface area contributed by atoms with Crippen LogP contribution in [0.4, 0.5) is 0 Å². The molecular weight excluding hydrogens is 218 g/mol. The number of nitrogens with zero attached hydrogens (tertiary/aromatic N) is 2. The Balaban J connectivity index is 1.86. The number of aryl methyl sites for hydroxylation is 1. The molecule has 3 nitrogen and oxygen atoms in total. The largest absolute Gasteiger partial charge is 0.342 e.